The fraction of sp³-hybridized carbons (Fsp3) is 0.211. The van der Waals surface area contributed by atoms with E-state index in [1.54, 1.807) is 49.4 Å². The van der Waals surface area contributed by atoms with Gasteiger partial charge in [-0.3, -0.25) is 14.4 Å². The van der Waals surface area contributed by atoms with E-state index in [9.17, 15) is 18.8 Å². The van der Waals surface area contributed by atoms with Gasteiger partial charge in [-0.15, -0.1) is 0 Å². The second-order valence-corrected chi connectivity index (χ2v) is 5.96. The predicted molar refractivity (Wildman–Crippen MR) is 95.7 cm³/mol. The molecule has 0 heterocycles. The number of primary amides is 1. The quantitative estimate of drug-likeness (QED) is 0.684. The number of nitrogens with two attached hydrogens (primary N) is 1. The zero-order valence-electron chi connectivity index (χ0n) is 14.3. The van der Waals surface area contributed by atoms with Crippen LogP contribution in [0.5, 0.6) is 0 Å². The van der Waals surface area contributed by atoms with Crippen molar-refractivity contribution in [1.29, 1.82) is 0 Å². The van der Waals surface area contributed by atoms with E-state index in [0.717, 1.165) is 0 Å². The number of carbonyl (C=O) groups is 3. The normalized spacial score (nSPS) is 11.5. The molecule has 4 N–H and O–H groups in total. The molecule has 0 saturated carbocycles. The Balaban J connectivity index is 1.88. The smallest absolute Gasteiger partial charge is 0.313 e. The van der Waals surface area contributed by atoms with Crippen molar-refractivity contribution in [3.8, 4) is 0 Å². The Bertz CT molecular complexity index is 806. The van der Waals surface area contributed by atoms with E-state index in [-0.39, 0.29) is 18.7 Å². The monoisotopic (exact) mass is 357 g/mol. The zero-order valence-corrected chi connectivity index (χ0v) is 14.3. The molecule has 1 atom stereocenters. The second-order valence-electron chi connectivity index (χ2n) is 5.96. The van der Waals surface area contributed by atoms with E-state index in [0.29, 0.717) is 16.8 Å². The molecule has 2 aromatic rings. The molecular formula is C19H20FN3O3. The molecule has 1 unspecified atom stereocenters. The number of rotatable bonds is 6. The van der Waals surface area contributed by atoms with Crippen LogP contribution < -0.4 is 16.4 Å². The molecule has 0 aliphatic carbocycles. The maximum atomic E-state index is 13.6. The van der Waals surface area contributed by atoms with Gasteiger partial charge in [0, 0.05) is 11.7 Å². The number of benzene rings is 2. The standard InChI is InChI=1S/C19H20FN3O3/c1-12(10-14-4-2-3-5-16(14)20)22-18(25)19(26)23-15-8-6-13(7-9-15)11-17(21)24/h2-9,12H,10-11H2,1H3,(H2,21,24)(H,22,25)(H,23,26). The summed E-state index contributed by atoms with van der Waals surface area (Å²) in [6, 6.07) is 12.3. The van der Waals surface area contributed by atoms with Crippen molar-refractivity contribution in [2.24, 2.45) is 5.73 Å². The lowest BCUT2D eigenvalue weighted by molar-refractivity contribution is -0.136. The highest BCUT2D eigenvalue weighted by molar-refractivity contribution is 6.39. The molecular weight excluding hydrogens is 337 g/mol. The molecule has 0 saturated heterocycles. The molecule has 6 nitrogen and oxygen atoms in total. The van der Waals surface area contributed by atoms with Gasteiger partial charge < -0.3 is 16.4 Å². The molecule has 26 heavy (non-hydrogen) atoms. The van der Waals surface area contributed by atoms with Gasteiger partial charge in [0.05, 0.1) is 6.42 Å². The summed E-state index contributed by atoms with van der Waals surface area (Å²) in [6.45, 7) is 1.69. The van der Waals surface area contributed by atoms with Crippen molar-refractivity contribution in [2.45, 2.75) is 25.8 Å². The van der Waals surface area contributed by atoms with Gasteiger partial charge in [-0.1, -0.05) is 30.3 Å². The van der Waals surface area contributed by atoms with Gasteiger partial charge in [-0.25, -0.2) is 4.39 Å². The zero-order chi connectivity index (χ0) is 19.1. The van der Waals surface area contributed by atoms with E-state index >= 15 is 0 Å². The van der Waals surface area contributed by atoms with Gasteiger partial charge in [0.15, 0.2) is 0 Å². The summed E-state index contributed by atoms with van der Waals surface area (Å²) in [7, 11) is 0. The lowest BCUT2D eigenvalue weighted by Gasteiger charge is -2.14. The first-order valence-corrected chi connectivity index (χ1v) is 8.07. The molecule has 3 amide bonds. The van der Waals surface area contributed by atoms with E-state index < -0.39 is 23.8 Å². The summed E-state index contributed by atoms with van der Waals surface area (Å²) in [4.78, 5) is 34.8. The fourth-order valence-electron chi connectivity index (χ4n) is 2.43. The van der Waals surface area contributed by atoms with Crippen molar-refractivity contribution in [1.82, 2.24) is 5.32 Å². The lowest BCUT2D eigenvalue weighted by atomic mass is 10.1. The topological polar surface area (TPSA) is 101 Å². The summed E-state index contributed by atoms with van der Waals surface area (Å²) >= 11 is 0. The average molecular weight is 357 g/mol. The van der Waals surface area contributed by atoms with Crippen molar-refractivity contribution in [3.05, 3.63) is 65.5 Å². The van der Waals surface area contributed by atoms with Gasteiger partial charge in [-0.2, -0.15) is 0 Å². The van der Waals surface area contributed by atoms with Gasteiger partial charge in [0.2, 0.25) is 5.91 Å². The van der Waals surface area contributed by atoms with E-state index in [2.05, 4.69) is 10.6 Å². The Morgan fingerprint density at radius 3 is 2.31 bits per heavy atom. The maximum Gasteiger partial charge on any atom is 0.313 e. The summed E-state index contributed by atoms with van der Waals surface area (Å²) in [5, 5.41) is 5.00. The fourth-order valence-corrected chi connectivity index (χ4v) is 2.43. The van der Waals surface area contributed by atoms with Crippen molar-refractivity contribution in [3.63, 3.8) is 0 Å². The molecule has 2 rings (SSSR count). The molecule has 0 fully saturated rings. The third-order valence-corrected chi connectivity index (χ3v) is 3.66. The van der Waals surface area contributed by atoms with Crippen LogP contribution in [0.1, 0.15) is 18.1 Å². The number of hydrogen-bond acceptors (Lipinski definition) is 3. The Hall–Kier alpha value is -3.22. The van der Waals surface area contributed by atoms with Crippen molar-refractivity contribution < 1.29 is 18.8 Å². The Morgan fingerprint density at radius 1 is 1.04 bits per heavy atom. The van der Waals surface area contributed by atoms with Crippen LogP contribution in [0.15, 0.2) is 48.5 Å². The Kier molecular flexibility index (Phi) is 6.43. The molecule has 136 valence electrons. The van der Waals surface area contributed by atoms with Crippen LogP contribution >= 0.6 is 0 Å². The van der Waals surface area contributed by atoms with Crippen LogP contribution in [0.3, 0.4) is 0 Å². The number of hydrogen-bond donors (Lipinski definition) is 3. The molecule has 0 radical (unpaired) electrons. The van der Waals surface area contributed by atoms with Gasteiger partial charge in [0.1, 0.15) is 5.82 Å². The summed E-state index contributed by atoms with van der Waals surface area (Å²) in [5.41, 5.74) is 6.70. The SMILES string of the molecule is CC(Cc1ccccc1F)NC(=O)C(=O)Nc1ccc(CC(N)=O)cc1. The number of carbonyl (C=O) groups excluding carboxylic acids is 3. The number of halogens is 1. The number of anilines is 1. The summed E-state index contributed by atoms with van der Waals surface area (Å²) < 4.78 is 13.6. The average Bonchev–Trinajstić information content (AvgIpc) is 2.58. The first kappa shape index (κ1) is 19.1. The summed E-state index contributed by atoms with van der Waals surface area (Å²) in [5.74, 6) is -2.44. The minimum absolute atomic E-state index is 0.0995. The minimum atomic E-state index is -0.826. The second kappa shape index (κ2) is 8.75. The third kappa shape index (κ3) is 5.70. The highest BCUT2D eigenvalue weighted by atomic mass is 19.1. The first-order chi connectivity index (χ1) is 12.3. The molecule has 0 aliphatic rings. The molecule has 0 aliphatic heterocycles. The van der Waals surface area contributed by atoms with Crippen LogP contribution in [0.2, 0.25) is 0 Å². The highest BCUT2D eigenvalue weighted by Gasteiger charge is 2.17. The predicted octanol–water partition coefficient (Wildman–Crippen LogP) is 1.54. The van der Waals surface area contributed by atoms with E-state index in [1.807, 2.05) is 0 Å². The lowest BCUT2D eigenvalue weighted by Crippen LogP contribution is -2.41. The van der Waals surface area contributed by atoms with E-state index in [4.69, 9.17) is 5.73 Å². The number of amides is 3. The van der Waals surface area contributed by atoms with Gasteiger partial charge in [0.25, 0.3) is 0 Å². The Labute approximate surface area is 150 Å². The minimum Gasteiger partial charge on any atom is -0.369 e. The highest BCUT2D eigenvalue weighted by Crippen LogP contribution is 2.11. The molecule has 2 aromatic carbocycles. The van der Waals surface area contributed by atoms with Crippen molar-refractivity contribution >= 4 is 23.4 Å². The maximum absolute atomic E-state index is 13.6. The van der Waals surface area contributed by atoms with Gasteiger partial charge in [-0.05, 0) is 42.7 Å². The van der Waals surface area contributed by atoms with Gasteiger partial charge >= 0.3 is 11.8 Å². The molecule has 7 heteroatoms. The van der Waals surface area contributed by atoms with Crippen LogP contribution in [0.25, 0.3) is 0 Å². The van der Waals surface area contributed by atoms with Crippen LogP contribution in [-0.4, -0.2) is 23.8 Å². The van der Waals surface area contributed by atoms with Crippen molar-refractivity contribution in [2.75, 3.05) is 5.32 Å². The van der Waals surface area contributed by atoms with Crippen LogP contribution in [0, 0.1) is 5.82 Å². The molecule has 0 spiro atoms. The molecule has 0 bridgehead atoms. The Morgan fingerprint density at radius 2 is 1.69 bits per heavy atom. The largest absolute Gasteiger partial charge is 0.369 e. The molecule has 0 aromatic heterocycles. The van der Waals surface area contributed by atoms with Crippen LogP contribution in [0.4, 0.5) is 10.1 Å². The van der Waals surface area contributed by atoms with Crippen LogP contribution in [-0.2, 0) is 27.2 Å². The number of nitrogens with one attached hydrogen (secondary N) is 2. The first-order valence-electron chi connectivity index (χ1n) is 8.07. The van der Waals surface area contributed by atoms with E-state index in [1.165, 1.54) is 6.07 Å². The third-order valence-electron chi connectivity index (χ3n) is 3.66. The summed E-state index contributed by atoms with van der Waals surface area (Å²) in [6.07, 6.45) is 0.371.